The van der Waals surface area contributed by atoms with Gasteiger partial charge in [0.25, 0.3) is 0 Å². The van der Waals surface area contributed by atoms with Crippen LogP contribution in [-0.2, 0) is 6.42 Å². The van der Waals surface area contributed by atoms with Crippen LogP contribution in [0.3, 0.4) is 0 Å². The molecule has 4 nitrogen and oxygen atoms in total. The molecule has 3 rings (SSSR count). The van der Waals surface area contributed by atoms with Crippen LogP contribution in [-0.4, -0.2) is 25.7 Å². The number of methoxy groups -OCH3 is 3. The number of ether oxygens (including phenoxy) is 3. The Balaban J connectivity index is 2.13. The third-order valence-corrected chi connectivity index (χ3v) is 5.03. The van der Waals surface area contributed by atoms with E-state index in [1.807, 2.05) is 18.3 Å². The minimum absolute atomic E-state index is 0.640. The molecule has 3 aromatic rings. The molecule has 0 aliphatic rings. The molecule has 0 radical (unpaired) electrons. The first-order valence-corrected chi connectivity index (χ1v) is 8.83. The lowest BCUT2D eigenvalue weighted by molar-refractivity contribution is 0.349. The second-order valence-electron chi connectivity index (χ2n) is 5.53. The van der Waals surface area contributed by atoms with E-state index in [0.717, 1.165) is 33.7 Å². The number of aromatic nitrogens is 1. The van der Waals surface area contributed by atoms with E-state index in [9.17, 15) is 0 Å². The van der Waals surface area contributed by atoms with Gasteiger partial charge in [-0.25, -0.2) is 0 Å². The van der Waals surface area contributed by atoms with E-state index in [1.54, 1.807) is 21.3 Å². The average Bonchev–Trinajstić information content (AvgIpc) is 3.16. The van der Waals surface area contributed by atoms with Gasteiger partial charge in [0.05, 0.1) is 26.2 Å². The van der Waals surface area contributed by atoms with Crippen molar-refractivity contribution in [3.63, 3.8) is 0 Å². The van der Waals surface area contributed by atoms with Gasteiger partial charge < -0.3 is 14.2 Å². The van der Waals surface area contributed by atoms with Gasteiger partial charge in [-0.05, 0) is 35.1 Å². The number of aryl methyl sites for hydroxylation is 1. The van der Waals surface area contributed by atoms with Gasteiger partial charge in [-0.1, -0.05) is 31.2 Å². The zero-order valence-corrected chi connectivity index (χ0v) is 15.6. The Hall–Kier alpha value is -2.53. The summed E-state index contributed by atoms with van der Waals surface area (Å²) in [6.07, 6.45) is 2.93. The molecule has 0 saturated heterocycles. The molecule has 0 N–H and O–H groups in total. The Bertz CT molecular complexity index is 856. The molecule has 2 aromatic carbocycles. The number of rotatable bonds is 6. The van der Waals surface area contributed by atoms with Crippen LogP contribution in [0.4, 0.5) is 0 Å². The second kappa shape index (κ2) is 7.57. The highest BCUT2D eigenvalue weighted by molar-refractivity contribution is 7.10. The van der Waals surface area contributed by atoms with E-state index < -0.39 is 0 Å². The van der Waals surface area contributed by atoms with Gasteiger partial charge in [-0.3, -0.25) is 0 Å². The van der Waals surface area contributed by atoms with Gasteiger partial charge in [0.2, 0.25) is 0 Å². The van der Waals surface area contributed by atoms with Crippen LogP contribution in [0.25, 0.3) is 21.6 Å². The van der Waals surface area contributed by atoms with Crippen molar-refractivity contribution in [2.45, 2.75) is 13.3 Å². The summed E-state index contributed by atoms with van der Waals surface area (Å²) in [6, 6.07) is 12.4. The number of hydrogen-bond donors (Lipinski definition) is 0. The SMILES string of the molecule is CCc1ccc(-c2cnsc2-c2cc(OC)c(OC)cc2OC)cc1. The van der Waals surface area contributed by atoms with Gasteiger partial charge in [-0.2, -0.15) is 4.37 Å². The first kappa shape index (κ1) is 17.3. The molecule has 5 heteroatoms. The van der Waals surface area contributed by atoms with Gasteiger partial charge >= 0.3 is 0 Å². The molecule has 0 unspecified atom stereocenters. The Morgan fingerprint density at radius 2 is 1.48 bits per heavy atom. The molecular weight excluding hydrogens is 334 g/mol. The quantitative estimate of drug-likeness (QED) is 0.619. The molecular formula is C20H21NO3S. The maximum atomic E-state index is 5.58. The van der Waals surface area contributed by atoms with Crippen LogP contribution < -0.4 is 14.2 Å². The zero-order chi connectivity index (χ0) is 17.8. The molecule has 0 aliphatic carbocycles. The Kier molecular flexibility index (Phi) is 5.24. The van der Waals surface area contributed by atoms with E-state index in [0.29, 0.717) is 11.5 Å². The highest BCUT2D eigenvalue weighted by atomic mass is 32.1. The van der Waals surface area contributed by atoms with Gasteiger partial charge in [0.1, 0.15) is 5.75 Å². The summed E-state index contributed by atoms with van der Waals surface area (Å²) in [7, 11) is 4.90. The van der Waals surface area contributed by atoms with E-state index in [4.69, 9.17) is 14.2 Å². The maximum absolute atomic E-state index is 5.58. The van der Waals surface area contributed by atoms with Crippen LogP contribution >= 0.6 is 11.5 Å². The van der Waals surface area contributed by atoms with Crippen molar-refractivity contribution in [2.75, 3.05) is 21.3 Å². The van der Waals surface area contributed by atoms with Crippen LogP contribution in [0, 0.1) is 0 Å². The van der Waals surface area contributed by atoms with E-state index >= 15 is 0 Å². The summed E-state index contributed by atoms with van der Waals surface area (Å²) >= 11 is 1.44. The van der Waals surface area contributed by atoms with E-state index in [-0.39, 0.29) is 0 Å². The van der Waals surface area contributed by atoms with Crippen molar-refractivity contribution in [1.82, 2.24) is 4.37 Å². The third-order valence-electron chi connectivity index (χ3n) is 4.19. The van der Waals surface area contributed by atoms with Crippen molar-refractivity contribution in [3.05, 3.63) is 48.2 Å². The smallest absolute Gasteiger partial charge is 0.164 e. The standard InChI is InChI=1S/C20H21NO3S/c1-5-13-6-8-14(9-7-13)16-12-21-25-20(16)15-10-18(23-3)19(24-4)11-17(15)22-2/h6-12H,5H2,1-4H3. The van der Waals surface area contributed by atoms with Crippen molar-refractivity contribution < 1.29 is 14.2 Å². The number of nitrogens with zero attached hydrogens (tertiary/aromatic N) is 1. The second-order valence-corrected chi connectivity index (χ2v) is 6.33. The van der Waals surface area contributed by atoms with E-state index in [1.165, 1.54) is 17.1 Å². The Morgan fingerprint density at radius 3 is 2.08 bits per heavy atom. The first-order chi connectivity index (χ1) is 12.2. The van der Waals surface area contributed by atoms with Gasteiger partial charge in [0, 0.05) is 23.4 Å². The number of hydrogen-bond acceptors (Lipinski definition) is 5. The fourth-order valence-corrected chi connectivity index (χ4v) is 3.56. The summed E-state index contributed by atoms with van der Waals surface area (Å²) in [6.45, 7) is 2.15. The lowest BCUT2D eigenvalue weighted by atomic mass is 10.0. The van der Waals surface area contributed by atoms with Crippen LogP contribution in [0.5, 0.6) is 17.2 Å². The summed E-state index contributed by atoms with van der Waals surface area (Å²) < 4.78 is 20.8. The first-order valence-electron chi connectivity index (χ1n) is 8.06. The topological polar surface area (TPSA) is 40.6 Å². The maximum Gasteiger partial charge on any atom is 0.164 e. The highest BCUT2D eigenvalue weighted by Gasteiger charge is 2.18. The monoisotopic (exact) mass is 355 g/mol. The van der Waals surface area contributed by atoms with Gasteiger partial charge in [0.15, 0.2) is 11.5 Å². The third kappa shape index (κ3) is 3.33. The molecule has 0 saturated carbocycles. The molecule has 0 bridgehead atoms. The largest absolute Gasteiger partial charge is 0.496 e. The summed E-state index contributed by atoms with van der Waals surface area (Å²) in [5.74, 6) is 2.04. The molecule has 0 aliphatic heterocycles. The molecule has 0 amide bonds. The van der Waals surface area contributed by atoms with Gasteiger partial charge in [-0.15, -0.1) is 0 Å². The molecule has 0 atom stereocenters. The fraction of sp³-hybridized carbons (Fsp3) is 0.250. The molecule has 25 heavy (non-hydrogen) atoms. The molecule has 0 fully saturated rings. The molecule has 0 spiro atoms. The van der Waals surface area contributed by atoms with Crippen LogP contribution in [0.1, 0.15) is 12.5 Å². The average molecular weight is 355 g/mol. The molecule has 1 heterocycles. The lowest BCUT2D eigenvalue weighted by Crippen LogP contribution is -1.94. The Morgan fingerprint density at radius 1 is 0.840 bits per heavy atom. The highest BCUT2D eigenvalue weighted by Crippen LogP contribution is 2.44. The van der Waals surface area contributed by atoms with Crippen LogP contribution in [0.2, 0.25) is 0 Å². The van der Waals surface area contributed by atoms with Crippen molar-refractivity contribution >= 4 is 11.5 Å². The minimum Gasteiger partial charge on any atom is -0.496 e. The predicted molar refractivity (Wildman–Crippen MR) is 102 cm³/mol. The minimum atomic E-state index is 0.640. The van der Waals surface area contributed by atoms with Crippen LogP contribution in [0.15, 0.2) is 42.6 Å². The van der Waals surface area contributed by atoms with Crippen molar-refractivity contribution in [3.8, 4) is 38.8 Å². The zero-order valence-electron chi connectivity index (χ0n) is 14.8. The summed E-state index contributed by atoms with van der Waals surface area (Å²) in [5, 5.41) is 0. The summed E-state index contributed by atoms with van der Waals surface area (Å²) in [5.41, 5.74) is 4.48. The summed E-state index contributed by atoms with van der Waals surface area (Å²) in [4.78, 5) is 1.04. The Labute approximate surface area is 152 Å². The molecule has 1 aromatic heterocycles. The molecule has 130 valence electrons. The lowest BCUT2D eigenvalue weighted by Gasteiger charge is -2.14. The van der Waals surface area contributed by atoms with E-state index in [2.05, 4.69) is 35.6 Å². The normalized spacial score (nSPS) is 10.6. The van der Waals surface area contributed by atoms with Crippen molar-refractivity contribution in [2.24, 2.45) is 0 Å². The number of benzene rings is 2. The van der Waals surface area contributed by atoms with Crippen molar-refractivity contribution in [1.29, 1.82) is 0 Å². The fourth-order valence-electron chi connectivity index (χ4n) is 2.77. The predicted octanol–water partition coefficient (Wildman–Crippen LogP) is 5.07.